The Kier molecular flexibility index (Phi) is 7.46. The highest BCUT2D eigenvalue weighted by molar-refractivity contribution is 9.10. The first-order valence-electron chi connectivity index (χ1n) is 8.34. The van der Waals surface area contributed by atoms with Crippen molar-refractivity contribution in [3.63, 3.8) is 0 Å². The zero-order valence-corrected chi connectivity index (χ0v) is 18.2. The minimum absolute atomic E-state index is 0.105. The SMILES string of the molecule is CC.O=S(=O)(Nc1cc(-c2ccccc2)ccc1F)c1cc(Cl)cc(Br)c1O. The van der Waals surface area contributed by atoms with Crippen LogP contribution in [0.5, 0.6) is 5.75 Å². The summed E-state index contributed by atoms with van der Waals surface area (Å²) < 4.78 is 41.7. The number of rotatable bonds is 4. The normalized spacial score (nSPS) is 10.8. The van der Waals surface area contributed by atoms with Crippen LogP contribution in [0.15, 0.2) is 70.0 Å². The lowest BCUT2D eigenvalue weighted by atomic mass is 10.1. The van der Waals surface area contributed by atoms with Gasteiger partial charge in [-0.1, -0.05) is 61.8 Å². The third-order valence-electron chi connectivity index (χ3n) is 3.60. The molecule has 3 rings (SSSR count). The van der Waals surface area contributed by atoms with E-state index < -0.39 is 26.5 Å². The monoisotopic (exact) mass is 485 g/mol. The van der Waals surface area contributed by atoms with Gasteiger partial charge in [-0.3, -0.25) is 4.72 Å². The van der Waals surface area contributed by atoms with Crippen LogP contribution in [0.25, 0.3) is 11.1 Å². The van der Waals surface area contributed by atoms with Gasteiger partial charge in [0.2, 0.25) is 0 Å². The Bertz CT molecular complexity index is 1080. The van der Waals surface area contributed by atoms with Gasteiger partial charge in [0.15, 0.2) is 0 Å². The van der Waals surface area contributed by atoms with Gasteiger partial charge in [0, 0.05) is 5.02 Å². The molecule has 0 unspecified atom stereocenters. The molecule has 8 heteroatoms. The number of sulfonamides is 1. The quantitative estimate of drug-likeness (QED) is 0.446. The van der Waals surface area contributed by atoms with Crippen molar-refractivity contribution in [2.75, 3.05) is 4.72 Å². The minimum atomic E-state index is -4.26. The van der Waals surface area contributed by atoms with E-state index in [2.05, 4.69) is 20.7 Å². The lowest BCUT2D eigenvalue weighted by molar-refractivity contribution is 0.455. The Labute approximate surface area is 177 Å². The number of benzene rings is 3. The van der Waals surface area contributed by atoms with Crippen molar-refractivity contribution < 1.29 is 17.9 Å². The Morgan fingerprint density at radius 2 is 1.64 bits per heavy atom. The van der Waals surface area contributed by atoms with E-state index in [0.29, 0.717) is 5.56 Å². The number of phenols is 1. The van der Waals surface area contributed by atoms with Crippen LogP contribution in [-0.4, -0.2) is 13.5 Å². The number of phenolic OH excluding ortho intramolecular Hbond substituents is 1. The molecule has 0 bridgehead atoms. The van der Waals surface area contributed by atoms with Gasteiger partial charge in [0.25, 0.3) is 10.0 Å². The molecule has 28 heavy (non-hydrogen) atoms. The van der Waals surface area contributed by atoms with Gasteiger partial charge >= 0.3 is 0 Å². The molecular formula is C20H18BrClFNO3S. The topological polar surface area (TPSA) is 66.4 Å². The highest BCUT2D eigenvalue weighted by Crippen LogP contribution is 2.36. The fraction of sp³-hybridized carbons (Fsp3) is 0.100. The Morgan fingerprint density at radius 1 is 1.00 bits per heavy atom. The maximum atomic E-state index is 14.2. The molecule has 0 spiro atoms. The molecule has 2 N–H and O–H groups in total. The lowest BCUT2D eigenvalue weighted by Gasteiger charge is -2.13. The standard InChI is InChI=1S/C18H12BrClFNO3S.C2H6/c19-14-9-13(20)10-17(18(14)23)26(24,25)22-16-8-12(6-7-15(16)21)11-4-2-1-3-5-11;1-2/h1-10,22-23H;1-2H3. The predicted octanol–water partition coefficient (Wildman–Crippen LogP) is 6.44. The third kappa shape index (κ3) is 5.04. The zero-order chi connectivity index (χ0) is 20.9. The van der Waals surface area contributed by atoms with Gasteiger partial charge in [0.1, 0.15) is 16.5 Å². The molecule has 0 heterocycles. The molecule has 0 saturated heterocycles. The number of aromatic hydroxyl groups is 1. The van der Waals surface area contributed by atoms with Crippen molar-refractivity contribution in [1.29, 1.82) is 0 Å². The number of hydrogen-bond donors (Lipinski definition) is 2. The summed E-state index contributed by atoms with van der Waals surface area (Å²) >= 11 is 8.89. The largest absolute Gasteiger partial charge is 0.505 e. The summed E-state index contributed by atoms with van der Waals surface area (Å²) in [6.45, 7) is 4.00. The number of hydrogen-bond acceptors (Lipinski definition) is 3. The van der Waals surface area contributed by atoms with E-state index in [-0.39, 0.29) is 15.2 Å². The smallest absolute Gasteiger partial charge is 0.265 e. The maximum Gasteiger partial charge on any atom is 0.265 e. The van der Waals surface area contributed by atoms with Gasteiger partial charge in [-0.15, -0.1) is 0 Å². The lowest BCUT2D eigenvalue weighted by Crippen LogP contribution is -2.14. The van der Waals surface area contributed by atoms with Gasteiger partial charge in [-0.25, -0.2) is 12.8 Å². The first-order valence-corrected chi connectivity index (χ1v) is 11.0. The summed E-state index contributed by atoms with van der Waals surface area (Å²) in [5.74, 6) is -1.25. The van der Waals surface area contributed by atoms with Gasteiger partial charge in [-0.05, 0) is 51.3 Å². The summed E-state index contributed by atoms with van der Waals surface area (Å²) in [6.07, 6.45) is 0. The van der Waals surface area contributed by atoms with E-state index >= 15 is 0 Å². The molecule has 0 radical (unpaired) electrons. The predicted molar refractivity (Wildman–Crippen MR) is 115 cm³/mol. The van der Waals surface area contributed by atoms with E-state index in [4.69, 9.17) is 11.6 Å². The second kappa shape index (κ2) is 9.41. The first kappa shape index (κ1) is 22.2. The summed E-state index contributed by atoms with van der Waals surface area (Å²) in [5, 5.41) is 10.1. The maximum absolute atomic E-state index is 14.2. The van der Waals surface area contributed by atoms with Crippen LogP contribution in [-0.2, 0) is 10.0 Å². The molecule has 0 saturated carbocycles. The molecule has 0 aliphatic carbocycles. The van der Waals surface area contributed by atoms with Crippen LogP contribution in [0, 0.1) is 5.82 Å². The van der Waals surface area contributed by atoms with Crippen molar-refractivity contribution in [3.05, 3.63) is 76.0 Å². The third-order valence-corrected chi connectivity index (χ3v) is 5.80. The van der Waals surface area contributed by atoms with Crippen molar-refractivity contribution in [2.45, 2.75) is 18.7 Å². The Hall–Kier alpha value is -2.09. The average Bonchev–Trinajstić information content (AvgIpc) is 2.68. The van der Waals surface area contributed by atoms with Gasteiger partial charge in [0.05, 0.1) is 10.2 Å². The van der Waals surface area contributed by atoms with E-state index in [0.717, 1.165) is 11.6 Å². The summed E-state index contributed by atoms with van der Waals surface area (Å²) in [5.41, 5.74) is 1.21. The summed E-state index contributed by atoms with van der Waals surface area (Å²) in [4.78, 5) is -0.457. The Morgan fingerprint density at radius 3 is 2.29 bits per heavy atom. The number of halogens is 3. The van der Waals surface area contributed by atoms with Crippen LogP contribution in [0.4, 0.5) is 10.1 Å². The first-order chi connectivity index (χ1) is 13.3. The van der Waals surface area contributed by atoms with Gasteiger partial charge in [-0.2, -0.15) is 0 Å². The molecule has 0 fully saturated rings. The van der Waals surface area contributed by atoms with Crippen molar-refractivity contribution in [3.8, 4) is 16.9 Å². The van der Waals surface area contributed by atoms with Crippen LogP contribution in [0.1, 0.15) is 13.8 Å². The molecule has 0 aromatic heterocycles. The second-order valence-corrected chi connectivity index (χ2v) is 8.34. The summed E-state index contributed by atoms with van der Waals surface area (Å²) in [7, 11) is -4.26. The molecule has 0 amide bonds. The highest BCUT2D eigenvalue weighted by atomic mass is 79.9. The second-order valence-electron chi connectivity index (χ2n) is 5.40. The molecule has 148 valence electrons. The van der Waals surface area contributed by atoms with Gasteiger partial charge < -0.3 is 5.11 Å². The number of nitrogens with one attached hydrogen (secondary N) is 1. The fourth-order valence-electron chi connectivity index (χ4n) is 2.36. The fourth-order valence-corrected chi connectivity index (χ4v) is 4.57. The van der Waals surface area contributed by atoms with Crippen LogP contribution in [0.2, 0.25) is 5.02 Å². The Balaban J connectivity index is 0.00000136. The van der Waals surface area contributed by atoms with Crippen LogP contribution in [0.3, 0.4) is 0 Å². The van der Waals surface area contributed by atoms with E-state index in [1.807, 2.05) is 44.2 Å². The van der Waals surface area contributed by atoms with Crippen molar-refractivity contribution >= 4 is 43.2 Å². The molecule has 0 aliphatic heterocycles. The van der Waals surface area contributed by atoms with Crippen LogP contribution < -0.4 is 4.72 Å². The van der Waals surface area contributed by atoms with E-state index in [1.165, 1.54) is 18.2 Å². The molecule has 3 aromatic rings. The molecule has 0 aliphatic rings. The van der Waals surface area contributed by atoms with Crippen molar-refractivity contribution in [2.24, 2.45) is 0 Å². The zero-order valence-electron chi connectivity index (χ0n) is 15.1. The molecular weight excluding hydrogens is 469 g/mol. The average molecular weight is 487 g/mol. The molecule has 4 nitrogen and oxygen atoms in total. The van der Waals surface area contributed by atoms with Crippen LogP contribution >= 0.6 is 27.5 Å². The summed E-state index contributed by atoms with van der Waals surface area (Å²) in [6, 6.07) is 15.7. The highest BCUT2D eigenvalue weighted by Gasteiger charge is 2.23. The molecule has 3 aromatic carbocycles. The van der Waals surface area contributed by atoms with Crippen molar-refractivity contribution in [1.82, 2.24) is 0 Å². The molecule has 0 atom stereocenters. The number of anilines is 1. The minimum Gasteiger partial charge on any atom is -0.505 e. The van der Waals surface area contributed by atoms with E-state index in [1.54, 1.807) is 6.07 Å². The van der Waals surface area contributed by atoms with E-state index in [9.17, 15) is 17.9 Å².